The van der Waals surface area contributed by atoms with Gasteiger partial charge in [-0.15, -0.1) is 0 Å². The SMILES string of the molecule is COc1nc(N2CC3(COC3)C2)c2c(=O)oc(-c3cc(O)cc4cccc(F)c34)c(C)c2n1. The van der Waals surface area contributed by atoms with Gasteiger partial charge in [0.25, 0.3) is 0 Å². The minimum Gasteiger partial charge on any atom is -0.508 e. The van der Waals surface area contributed by atoms with Crippen molar-refractivity contribution in [3.63, 3.8) is 0 Å². The maximum Gasteiger partial charge on any atom is 0.349 e. The molecule has 2 fully saturated rings. The summed E-state index contributed by atoms with van der Waals surface area (Å²) in [5.74, 6) is 0.0291. The first-order valence-corrected chi connectivity index (χ1v) is 10.5. The number of fused-ring (bicyclic) bond motifs is 2. The minimum absolute atomic E-state index is 0.0696. The predicted octanol–water partition coefficient (Wildman–Crippen LogP) is 3.40. The monoisotopic (exact) mass is 449 g/mol. The quantitative estimate of drug-likeness (QED) is 0.508. The van der Waals surface area contributed by atoms with Crippen molar-refractivity contribution in [2.45, 2.75) is 6.92 Å². The van der Waals surface area contributed by atoms with Crippen molar-refractivity contribution in [3.8, 4) is 23.1 Å². The average molecular weight is 449 g/mol. The third kappa shape index (κ3) is 2.88. The number of benzene rings is 2. The number of aryl methyl sites for hydroxylation is 1. The number of aromatic hydroxyl groups is 1. The van der Waals surface area contributed by atoms with Gasteiger partial charge in [-0.3, -0.25) is 0 Å². The van der Waals surface area contributed by atoms with E-state index in [9.17, 15) is 14.3 Å². The molecule has 0 aliphatic carbocycles. The second-order valence-electron chi connectivity index (χ2n) is 8.78. The molecule has 2 saturated heterocycles. The third-order valence-corrected chi connectivity index (χ3v) is 6.47. The maximum absolute atomic E-state index is 14.8. The normalized spacial score (nSPS) is 16.8. The van der Waals surface area contributed by atoms with E-state index >= 15 is 0 Å². The first kappa shape index (κ1) is 19.9. The summed E-state index contributed by atoms with van der Waals surface area (Å²) in [7, 11) is 1.46. The Bertz CT molecular complexity index is 1500. The number of nitrogens with zero attached hydrogens (tertiary/aromatic N) is 3. The molecule has 2 aromatic carbocycles. The lowest BCUT2D eigenvalue weighted by Crippen LogP contribution is -2.66. The van der Waals surface area contributed by atoms with Crippen molar-refractivity contribution in [2.24, 2.45) is 5.41 Å². The lowest BCUT2D eigenvalue weighted by atomic mass is 9.78. The van der Waals surface area contributed by atoms with Gasteiger partial charge in [-0.2, -0.15) is 9.97 Å². The molecule has 4 heterocycles. The molecule has 1 N–H and O–H groups in total. The molecule has 2 aliphatic heterocycles. The molecule has 9 heteroatoms. The van der Waals surface area contributed by atoms with Gasteiger partial charge in [0.2, 0.25) is 0 Å². The number of aromatic nitrogens is 2. The Morgan fingerprint density at radius 2 is 1.97 bits per heavy atom. The molecule has 0 amide bonds. The third-order valence-electron chi connectivity index (χ3n) is 6.47. The first-order valence-electron chi connectivity index (χ1n) is 10.5. The summed E-state index contributed by atoms with van der Waals surface area (Å²) in [6.07, 6.45) is 0. The summed E-state index contributed by atoms with van der Waals surface area (Å²) >= 11 is 0. The highest BCUT2D eigenvalue weighted by Crippen LogP contribution is 2.43. The van der Waals surface area contributed by atoms with Crippen LogP contribution < -0.4 is 15.3 Å². The highest BCUT2D eigenvalue weighted by atomic mass is 19.1. The van der Waals surface area contributed by atoms with E-state index in [0.717, 1.165) is 0 Å². The molecule has 1 spiro atoms. The molecular formula is C24H20FN3O5. The van der Waals surface area contributed by atoms with Crippen molar-refractivity contribution in [3.05, 3.63) is 52.1 Å². The fourth-order valence-corrected chi connectivity index (χ4v) is 4.83. The van der Waals surface area contributed by atoms with Crippen LogP contribution in [0.15, 0.2) is 39.5 Å². The van der Waals surface area contributed by atoms with Crippen LogP contribution in [0.2, 0.25) is 0 Å². The van der Waals surface area contributed by atoms with Crippen LogP contribution in [0.1, 0.15) is 5.56 Å². The summed E-state index contributed by atoms with van der Waals surface area (Å²) in [6.45, 7) is 4.55. The number of ether oxygens (including phenoxy) is 2. The molecule has 33 heavy (non-hydrogen) atoms. The summed E-state index contributed by atoms with van der Waals surface area (Å²) in [5, 5.41) is 11.2. The fraction of sp³-hybridized carbons (Fsp3) is 0.292. The molecule has 2 aliphatic rings. The zero-order valence-corrected chi connectivity index (χ0v) is 18.0. The molecule has 0 radical (unpaired) electrons. The fourth-order valence-electron chi connectivity index (χ4n) is 4.83. The second kappa shape index (κ2) is 6.89. The van der Waals surface area contributed by atoms with Gasteiger partial charge in [0, 0.05) is 29.6 Å². The van der Waals surface area contributed by atoms with Crippen molar-refractivity contribution >= 4 is 27.5 Å². The number of methoxy groups -OCH3 is 1. The number of rotatable bonds is 3. The molecule has 0 atom stereocenters. The van der Waals surface area contributed by atoms with Gasteiger partial charge >= 0.3 is 11.6 Å². The highest BCUT2D eigenvalue weighted by molar-refractivity contribution is 6.00. The van der Waals surface area contributed by atoms with Crippen molar-refractivity contribution in [1.82, 2.24) is 9.97 Å². The Hall–Kier alpha value is -3.72. The van der Waals surface area contributed by atoms with Gasteiger partial charge < -0.3 is 23.9 Å². The van der Waals surface area contributed by atoms with Crippen molar-refractivity contribution < 1.29 is 23.4 Å². The molecule has 0 unspecified atom stereocenters. The Morgan fingerprint density at radius 3 is 2.67 bits per heavy atom. The van der Waals surface area contributed by atoms with Crippen LogP contribution in [0.25, 0.3) is 33.0 Å². The number of hydrogen-bond donors (Lipinski definition) is 1. The summed E-state index contributed by atoms with van der Waals surface area (Å²) < 4.78 is 31.2. The van der Waals surface area contributed by atoms with Crippen LogP contribution in [0, 0.1) is 18.2 Å². The van der Waals surface area contributed by atoms with E-state index in [2.05, 4.69) is 9.97 Å². The van der Waals surface area contributed by atoms with Crippen LogP contribution in [0.5, 0.6) is 11.8 Å². The first-order chi connectivity index (χ1) is 15.9. The van der Waals surface area contributed by atoms with Crippen LogP contribution in [-0.2, 0) is 4.74 Å². The van der Waals surface area contributed by atoms with E-state index in [1.165, 1.54) is 25.3 Å². The van der Waals surface area contributed by atoms with E-state index in [0.29, 0.717) is 48.6 Å². The largest absolute Gasteiger partial charge is 0.508 e. The van der Waals surface area contributed by atoms with E-state index in [1.54, 1.807) is 19.1 Å². The van der Waals surface area contributed by atoms with Gasteiger partial charge in [0.05, 0.1) is 31.3 Å². The Kier molecular flexibility index (Phi) is 4.16. The standard InChI is InChI=1S/C24H20FN3O5/c1-12-19-18(21(27-23(26-19)31-2)28-8-24(9-28)10-32-11-24)22(30)33-20(12)15-7-14(29)6-13-4-3-5-16(25)17(13)15/h3-7,29H,8-11H2,1-2H3. The van der Waals surface area contributed by atoms with Gasteiger partial charge in [0.15, 0.2) is 5.82 Å². The van der Waals surface area contributed by atoms with Crippen LogP contribution >= 0.6 is 0 Å². The Morgan fingerprint density at radius 1 is 1.18 bits per heavy atom. The molecule has 8 nitrogen and oxygen atoms in total. The summed E-state index contributed by atoms with van der Waals surface area (Å²) in [6, 6.07) is 7.53. The topological polar surface area (TPSA) is 97.9 Å². The zero-order chi connectivity index (χ0) is 22.9. The Labute approximate surface area is 187 Å². The summed E-state index contributed by atoms with van der Waals surface area (Å²) in [4.78, 5) is 24.1. The van der Waals surface area contributed by atoms with Gasteiger partial charge in [-0.05, 0) is 30.5 Å². The molecule has 0 bridgehead atoms. The number of phenols is 1. The van der Waals surface area contributed by atoms with E-state index in [-0.39, 0.29) is 39.3 Å². The van der Waals surface area contributed by atoms with Crippen molar-refractivity contribution in [1.29, 1.82) is 0 Å². The lowest BCUT2D eigenvalue weighted by molar-refractivity contribution is -0.127. The van der Waals surface area contributed by atoms with E-state index < -0.39 is 11.4 Å². The van der Waals surface area contributed by atoms with Gasteiger partial charge in [0.1, 0.15) is 22.7 Å². The smallest absolute Gasteiger partial charge is 0.349 e. The Balaban J connectivity index is 1.60. The summed E-state index contributed by atoms with van der Waals surface area (Å²) in [5.41, 5.74) is 0.623. The van der Waals surface area contributed by atoms with Crippen LogP contribution in [-0.4, -0.2) is 48.5 Å². The van der Waals surface area contributed by atoms with Gasteiger partial charge in [-0.1, -0.05) is 12.1 Å². The zero-order valence-electron chi connectivity index (χ0n) is 18.0. The van der Waals surface area contributed by atoms with Crippen molar-refractivity contribution in [2.75, 3.05) is 38.3 Å². The number of anilines is 1. The second-order valence-corrected chi connectivity index (χ2v) is 8.78. The number of halogens is 1. The number of phenolic OH excluding ortho intramolecular Hbond substituents is 1. The van der Waals surface area contributed by atoms with Gasteiger partial charge in [-0.25, -0.2) is 9.18 Å². The molecule has 0 saturated carbocycles. The average Bonchev–Trinajstić information content (AvgIpc) is 2.73. The van der Waals surface area contributed by atoms with Crippen LogP contribution in [0.4, 0.5) is 10.2 Å². The van der Waals surface area contributed by atoms with E-state index in [1.807, 2.05) is 4.90 Å². The maximum atomic E-state index is 14.8. The van der Waals surface area contributed by atoms with E-state index in [4.69, 9.17) is 13.9 Å². The molecule has 168 valence electrons. The minimum atomic E-state index is -0.637. The highest BCUT2D eigenvalue weighted by Gasteiger charge is 2.50. The lowest BCUT2D eigenvalue weighted by Gasteiger charge is -2.55. The molecule has 2 aromatic heterocycles. The molecule has 4 aromatic rings. The van der Waals surface area contributed by atoms with Crippen LogP contribution in [0.3, 0.4) is 0 Å². The predicted molar refractivity (Wildman–Crippen MR) is 119 cm³/mol. The molecular weight excluding hydrogens is 429 g/mol. The molecule has 6 rings (SSSR count). The number of hydrogen-bond acceptors (Lipinski definition) is 8.